The first-order valence-corrected chi connectivity index (χ1v) is 7.16. The van der Waals surface area contributed by atoms with Gasteiger partial charge in [-0.15, -0.1) is 0 Å². The smallest absolute Gasteiger partial charge is 0.227 e. The molecule has 0 fully saturated rings. The number of nitrogens with zero attached hydrogens (tertiary/aromatic N) is 1. The van der Waals surface area contributed by atoms with Crippen molar-refractivity contribution < 1.29 is 14.4 Å². The predicted octanol–water partition coefficient (Wildman–Crippen LogP) is 1.01. The molecule has 0 saturated heterocycles. The molecule has 0 bridgehead atoms. The van der Waals surface area contributed by atoms with E-state index in [1.54, 1.807) is 11.9 Å². The van der Waals surface area contributed by atoms with E-state index in [2.05, 4.69) is 5.32 Å². The van der Waals surface area contributed by atoms with Crippen LogP contribution >= 0.6 is 0 Å². The van der Waals surface area contributed by atoms with Crippen molar-refractivity contribution in [1.82, 2.24) is 10.2 Å². The van der Waals surface area contributed by atoms with Crippen LogP contribution in [0.2, 0.25) is 0 Å². The summed E-state index contributed by atoms with van der Waals surface area (Å²) < 4.78 is 0. The third-order valence-corrected chi connectivity index (χ3v) is 3.96. The monoisotopic (exact) mass is 288 g/mol. The van der Waals surface area contributed by atoms with E-state index in [1.807, 2.05) is 18.2 Å². The number of benzene rings is 1. The highest BCUT2D eigenvalue weighted by molar-refractivity contribution is 5.83. The summed E-state index contributed by atoms with van der Waals surface area (Å²) in [6.45, 7) is 1.33. The van der Waals surface area contributed by atoms with Crippen LogP contribution in [-0.2, 0) is 27.3 Å². The first-order chi connectivity index (χ1) is 10.2. The molecule has 1 aromatic carbocycles. The molecule has 2 rings (SSSR count). The number of hydrogen-bond acceptors (Lipinski definition) is 3. The van der Waals surface area contributed by atoms with E-state index < -0.39 is 0 Å². The third-order valence-electron chi connectivity index (χ3n) is 3.96. The fourth-order valence-electron chi connectivity index (χ4n) is 2.76. The van der Waals surface area contributed by atoms with Crippen LogP contribution in [0, 0.1) is 0 Å². The van der Waals surface area contributed by atoms with Gasteiger partial charge >= 0.3 is 0 Å². The van der Waals surface area contributed by atoms with E-state index >= 15 is 0 Å². The molecule has 0 radical (unpaired) electrons. The summed E-state index contributed by atoms with van der Waals surface area (Å²) in [5.74, 6) is -0.364. The van der Waals surface area contributed by atoms with Crippen LogP contribution in [0.5, 0.6) is 0 Å². The second kappa shape index (κ2) is 7.02. The van der Waals surface area contributed by atoms with Gasteiger partial charge in [0.1, 0.15) is 6.29 Å². The Morgan fingerprint density at radius 3 is 2.86 bits per heavy atom. The molecule has 5 nitrogen and oxygen atoms in total. The van der Waals surface area contributed by atoms with Crippen molar-refractivity contribution in [2.24, 2.45) is 0 Å². The van der Waals surface area contributed by atoms with Crippen molar-refractivity contribution in [3.8, 4) is 0 Å². The number of amides is 2. The molecule has 1 aromatic rings. The van der Waals surface area contributed by atoms with E-state index in [0.29, 0.717) is 25.9 Å². The Kier molecular flexibility index (Phi) is 5.09. The molecule has 0 aliphatic carbocycles. The number of carbonyl (C=O) groups is 3. The van der Waals surface area contributed by atoms with Crippen molar-refractivity contribution in [2.75, 3.05) is 13.6 Å². The molecule has 1 aliphatic heterocycles. The van der Waals surface area contributed by atoms with Crippen LogP contribution in [0.3, 0.4) is 0 Å². The van der Waals surface area contributed by atoms with Crippen molar-refractivity contribution in [1.29, 1.82) is 0 Å². The van der Waals surface area contributed by atoms with Crippen LogP contribution in [0.1, 0.15) is 35.4 Å². The van der Waals surface area contributed by atoms with E-state index in [0.717, 1.165) is 30.2 Å². The second-order valence-electron chi connectivity index (χ2n) is 5.26. The summed E-state index contributed by atoms with van der Waals surface area (Å²) in [5.41, 5.74) is 3.25. The lowest BCUT2D eigenvalue weighted by atomic mass is 9.89. The summed E-state index contributed by atoms with van der Waals surface area (Å²) in [6.07, 6.45) is 3.40. The van der Waals surface area contributed by atoms with Crippen molar-refractivity contribution >= 4 is 18.6 Å². The first-order valence-electron chi connectivity index (χ1n) is 7.16. The van der Waals surface area contributed by atoms with E-state index in [-0.39, 0.29) is 11.8 Å². The zero-order valence-corrected chi connectivity index (χ0v) is 12.2. The SMILES string of the molecule is CNC(=O)C(CCC=O)c1ccc2c(c1)CCN(C=O)C2. The Morgan fingerprint density at radius 2 is 2.19 bits per heavy atom. The third kappa shape index (κ3) is 3.48. The maximum Gasteiger partial charge on any atom is 0.227 e. The molecule has 112 valence electrons. The molecule has 1 aliphatic rings. The van der Waals surface area contributed by atoms with E-state index in [1.165, 1.54) is 5.56 Å². The predicted molar refractivity (Wildman–Crippen MR) is 78.7 cm³/mol. The molecule has 1 N–H and O–H groups in total. The zero-order chi connectivity index (χ0) is 15.2. The highest BCUT2D eigenvalue weighted by atomic mass is 16.2. The van der Waals surface area contributed by atoms with Gasteiger partial charge in [0, 0.05) is 26.6 Å². The van der Waals surface area contributed by atoms with E-state index in [4.69, 9.17) is 0 Å². The van der Waals surface area contributed by atoms with Crippen LogP contribution < -0.4 is 5.32 Å². The minimum absolute atomic E-state index is 0.0675. The summed E-state index contributed by atoms with van der Waals surface area (Å²) in [4.78, 5) is 35.2. The molecular weight excluding hydrogens is 268 g/mol. The summed E-state index contributed by atoms with van der Waals surface area (Å²) in [5, 5.41) is 2.66. The van der Waals surface area contributed by atoms with Crippen molar-refractivity contribution in [3.05, 3.63) is 34.9 Å². The zero-order valence-electron chi connectivity index (χ0n) is 12.2. The average Bonchev–Trinajstić information content (AvgIpc) is 2.54. The quantitative estimate of drug-likeness (QED) is 0.794. The maximum atomic E-state index is 12.0. The Bertz CT molecular complexity index is 542. The molecule has 0 spiro atoms. The van der Waals surface area contributed by atoms with Crippen molar-refractivity contribution in [3.63, 3.8) is 0 Å². The van der Waals surface area contributed by atoms with Gasteiger partial charge in [-0.3, -0.25) is 9.59 Å². The fourth-order valence-corrected chi connectivity index (χ4v) is 2.76. The van der Waals surface area contributed by atoms with Gasteiger partial charge in [-0.2, -0.15) is 0 Å². The van der Waals surface area contributed by atoms with Crippen molar-refractivity contribution in [2.45, 2.75) is 31.7 Å². The topological polar surface area (TPSA) is 66.5 Å². The Balaban J connectivity index is 2.24. The second-order valence-corrected chi connectivity index (χ2v) is 5.26. The van der Waals surface area contributed by atoms with Gasteiger partial charge in [0.25, 0.3) is 0 Å². The summed E-state index contributed by atoms with van der Waals surface area (Å²) in [6, 6.07) is 5.96. The number of carbonyl (C=O) groups excluding carboxylic acids is 3. The number of hydrogen-bond donors (Lipinski definition) is 1. The fraction of sp³-hybridized carbons (Fsp3) is 0.438. The first kappa shape index (κ1) is 15.2. The van der Waals surface area contributed by atoms with Crippen LogP contribution in [0.4, 0.5) is 0 Å². The molecular formula is C16H20N2O3. The Morgan fingerprint density at radius 1 is 1.38 bits per heavy atom. The van der Waals surface area contributed by atoms with Crippen LogP contribution in [-0.4, -0.2) is 37.1 Å². The Labute approximate surface area is 124 Å². The highest BCUT2D eigenvalue weighted by Gasteiger charge is 2.22. The van der Waals surface area contributed by atoms with E-state index in [9.17, 15) is 14.4 Å². The van der Waals surface area contributed by atoms with Gasteiger partial charge in [-0.1, -0.05) is 18.2 Å². The van der Waals surface area contributed by atoms with Gasteiger partial charge in [0.2, 0.25) is 12.3 Å². The highest BCUT2D eigenvalue weighted by Crippen LogP contribution is 2.26. The van der Waals surface area contributed by atoms with Crippen LogP contribution in [0.15, 0.2) is 18.2 Å². The molecule has 5 heteroatoms. The standard InChI is InChI=1S/C16H20N2O3/c1-17-16(21)15(3-2-8-19)13-4-5-14-10-18(11-20)7-6-12(14)9-13/h4-5,8-9,11,15H,2-3,6-7,10H2,1H3,(H,17,21). The average molecular weight is 288 g/mol. The molecule has 21 heavy (non-hydrogen) atoms. The minimum atomic E-state index is -0.297. The molecule has 1 atom stereocenters. The molecule has 0 aromatic heterocycles. The van der Waals surface area contributed by atoms with Gasteiger partial charge in [0.05, 0.1) is 5.92 Å². The van der Waals surface area contributed by atoms with Gasteiger partial charge in [-0.25, -0.2) is 0 Å². The van der Waals surface area contributed by atoms with Gasteiger partial charge in [0.15, 0.2) is 0 Å². The number of likely N-dealkylation sites (N-methyl/N-ethyl adjacent to an activating group) is 1. The lowest BCUT2D eigenvalue weighted by molar-refractivity contribution is -0.122. The number of aldehydes is 1. The number of fused-ring (bicyclic) bond motifs is 1. The largest absolute Gasteiger partial charge is 0.359 e. The van der Waals surface area contributed by atoms with Gasteiger partial charge < -0.3 is 15.0 Å². The molecule has 0 saturated carbocycles. The summed E-state index contributed by atoms with van der Waals surface area (Å²) in [7, 11) is 1.61. The van der Waals surface area contributed by atoms with Gasteiger partial charge in [-0.05, 0) is 29.5 Å². The molecule has 1 heterocycles. The normalized spacial score (nSPS) is 15.0. The molecule has 2 amide bonds. The lowest BCUT2D eigenvalue weighted by Crippen LogP contribution is -2.30. The molecule has 1 unspecified atom stereocenters. The Hall–Kier alpha value is -2.17. The van der Waals surface area contributed by atoms with Crippen LogP contribution in [0.25, 0.3) is 0 Å². The number of nitrogens with one attached hydrogen (secondary N) is 1. The lowest BCUT2D eigenvalue weighted by Gasteiger charge is -2.26. The summed E-state index contributed by atoms with van der Waals surface area (Å²) >= 11 is 0. The number of rotatable bonds is 6. The maximum absolute atomic E-state index is 12.0. The minimum Gasteiger partial charge on any atom is -0.359 e.